The Bertz CT molecular complexity index is 525. The van der Waals surface area contributed by atoms with Gasteiger partial charge in [-0.25, -0.2) is 8.78 Å². The minimum Gasteiger partial charge on any atom is -0.388 e. The van der Waals surface area contributed by atoms with E-state index in [9.17, 15) is 13.9 Å². The molecule has 0 bridgehead atoms. The van der Waals surface area contributed by atoms with Crippen molar-refractivity contribution in [1.29, 1.82) is 0 Å². The van der Waals surface area contributed by atoms with E-state index in [1.54, 1.807) is 24.4 Å². The predicted octanol–water partition coefficient (Wildman–Crippen LogP) is 3.40. The van der Waals surface area contributed by atoms with Crippen molar-refractivity contribution >= 4 is 15.9 Å². The highest BCUT2D eigenvalue weighted by Gasteiger charge is 2.19. The maximum atomic E-state index is 13.6. The molecule has 2 aromatic rings. The Morgan fingerprint density at radius 1 is 1.22 bits per heavy atom. The first-order valence-corrected chi connectivity index (χ1v) is 6.09. The van der Waals surface area contributed by atoms with Gasteiger partial charge in [0.25, 0.3) is 0 Å². The molecule has 1 aromatic heterocycles. The Labute approximate surface area is 111 Å². The Morgan fingerprint density at radius 2 is 1.89 bits per heavy atom. The minimum atomic E-state index is -1.26. The second-order valence-corrected chi connectivity index (χ2v) is 4.74. The monoisotopic (exact) mass is 313 g/mol. The molecule has 1 atom stereocenters. The zero-order valence-electron chi connectivity index (χ0n) is 9.28. The van der Waals surface area contributed by atoms with Gasteiger partial charge in [-0.15, -0.1) is 0 Å². The summed E-state index contributed by atoms with van der Waals surface area (Å²) in [6.45, 7) is 0. The molecule has 0 aliphatic carbocycles. The van der Waals surface area contributed by atoms with Gasteiger partial charge in [0, 0.05) is 22.8 Å². The quantitative estimate of drug-likeness (QED) is 0.942. The lowest BCUT2D eigenvalue weighted by Crippen LogP contribution is -2.08. The van der Waals surface area contributed by atoms with E-state index in [0.717, 1.165) is 12.1 Å². The normalized spacial score (nSPS) is 12.4. The molecule has 0 aliphatic heterocycles. The van der Waals surface area contributed by atoms with Crippen LogP contribution in [0.2, 0.25) is 0 Å². The summed E-state index contributed by atoms with van der Waals surface area (Å²) in [4.78, 5) is 4.01. The molecular weight excluding hydrogens is 304 g/mol. The minimum absolute atomic E-state index is 0.0658. The van der Waals surface area contributed by atoms with Crippen LogP contribution in [-0.2, 0) is 6.42 Å². The van der Waals surface area contributed by atoms with Crippen molar-refractivity contribution < 1.29 is 13.9 Å². The number of nitrogens with zero attached hydrogens (tertiary/aromatic N) is 1. The van der Waals surface area contributed by atoms with Crippen LogP contribution >= 0.6 is 15.9 Å². The number of aliphatic hydroxyl groups is 1. The van der Waals surface area contributed by atoms with E-state index in [4.69, 9.17) is 0 Å². The van der Waals surface area contributed by atoms with Crippen molar-refractivity contribution in [1.82, 2.24) is 4.98 Å². The second kappa shape index (κ2) is 5.54. The smallest absolute Gasteiger partial charge is 0.133 e. The molecule has 0 radical (unpaired) electrons. The van der Waals surface area contributed by atoms with Gasteiger partial charge in [-0.1, -0.05) is 22.0 Å². The average molecular weight is 314 g/mol. The van der Waals surface area contributed by atoms with Gasteiger partial charge >= 0.3 is 0 Å². The summed E-state index contributed by atoms with van der Waals surface area (Å²) >= 11 is 2.99. The first-order chi connectivity index (χ1) is 8.58. The number of aliphatic hydroxyl groups excluding tert-OH is 1. The number of pyridine rings is 1. The fourth-order valence-corrected chi connectivity index (χ4v) is 2.09. The van der Waals surface area contributed by atoms with E-state index in [1.807, 2.05) is 0 Å². The largest absolute Gasteiger partial charge is 0.388 e. The van der Waals surface area contributed by atoms with Gasteiger partial charge in [-0.2, -0.15) is 0 Å². The Morgan fingerprint density at radius 3 is 2.44 bits per heavy atom. The van der Waals surface area contributed by atoms with Crippen LogP contribution in [0.25, 0.3) is 0 Å². The molecule has 1 heterocycles. The van der Waals surface area contributed by atoms with Crippen molar-refractivity contribution in [2.45, 2.75) is 12.5 Å². The molecule has 0 aliphatic rings. The second-order valence-electron chi connectivity index (χ2n) is 3.82. The van der Waals surface area contributed by atoms with Crippen molar-refractivity contribution in [2.24, 2.45) is 0 Å². The molecule has 0 saturated heterocycles. The van der Waals surface area contributed by atoms with Crippen LogP contribution in [0.5, 0.6) is 0 Å². The topological polar surface area (TPSA) is 33.1 Å². The molecule has 0 amide bonds. The fraction of sp³-hybridized carbons (Fsp3) is 0.154. The lowest BCUT2D eigenvalue weighted by atomic mass is 10.0. The van der Waals surface area contributed by atoms with Crippen LogP contribution in [0, 0.1) is 11.6 Å². The van der Waals surface area contributed by atoms with Crippen LogP contribution in [0.15, 0.2) is 41.0 Å². The lowest BCUT2D eigenvalue weighted by Gasteiger charge is -2.12. The van der Waals surface area contributed by atoms with E-state index in [2.05, 4.69) is 20.9 Å². The van der Waals surface area contributed by atoms with Gasteiger partial charge in [-0.3, -0.25) is 4.98 Å². The summed E-state index contributed by atoms with van der Waals surface area (Å²) < 4.78 is 27.5. The van der Waals surface area contributed by atoms with E-state index in [0.29, 0.717) is 10.2 Å². The Hall–Kier alpha value is -1.33. The van der Waals surface area contributed by atoms with Gasteiger partial charge < -0.3 is 5.11 Å². The molecule has 0 saturated carbocycles. The number of benzene rings is 1. The van der Waals surface area contributed by atoms with Crippen molar-refractivity contribution in [3.05, 3.63) is 63.9 Å². The first kappa shape index (κ1) is 13.1. The highest BCUT2D eigenvalue weighted by molar-refractivity contribution is 9.10. The average Bonchev–Trinajstić information content (AvgIpc) is 2.28. The maximum Gasteiger partial charge on any atom is 0.133 e. The van der Waals surface area contributed by atoms with Crippen LogP contribution in [0.1, 0.15) is 17.4 Å². The molecule has 94 valence electrons. The summed E-state index contributed by atoms with van der Waals surface area (Å²) in [6.07, 6.45) is 0.375. The molecule has 18 heavy (non-hydrogen) atoms. The number of hydrogen-bond donors (Lipinski definition) is 1. The van der Waals surface area contributed by atoms with E-state index < -0.39 is 17.7 Å². The van der Waals surface area contributed by atoms with E-state index >= 15 is 0 Å². The molecule has 1 unspecified atom stereocenters. The summed E-state index contributed by atoms with van der Waals surface area (Å²) in [5.41, 5.74) is 0.246. The molecule has 1 N–H and O–H groups in total. The fourth-order valence-electron chi connectivity index (χ4n) is 1.69. The molecule has 2 rings (SSSR count). The van der Waals surface area contributed by atoms with Crippen molar-refractivity contribution in [2.75, 3.05) is 0 Å². The van der Waals surface area contributed by atoms with Crippen molar-refractivity contribution in [3.63, 3.8) is 0 Å². The third-order valence-corrected chi connectivity index (χ3v) is 2.96. The third-order valence-electron chi connectivity index (χ3n) is 2.51. The van der Waals surface area contributed by atoms with Gasteiger partial charge in [0.1, 0.15) is 11.6 Å². The molecule has 2 nitrogen and oxygen atoms in total. The highest BCUT2D eigenvalue weighted by Crippen LogP contribution is 2.26. The molecule has 0 fully saturated rings. The van der Waals surface area contributed by atoms with Gasteiger partial charge in [0.15, 0.2) is 0 Å². The van der Waals surface area contributed by atoms with E-state index in [1.165, 1.54) is 0 Å². The van der Waals surface area contributed by atoms with Gasteiger partial charge in [0.2, 0.25) is 0 Å². The highest BCUT2D eigenvalue weighted by atomic mass is 79.9. The zero-order chi connectivity index (χ0) is 13.1. The molecule has 0 spiro atoms. The SMILES string of the molecule is OC(Cc1ccccn1)c1c(F)cc(Br)cc1F. The summed E-state index contributed by atoms with van der Waals surface area (Å²) in [6, 6.07) is 7.43. The van der Waals surface area contributed by atoms with E-state index in [-0.39, 0.29) is 12.0 Å². The van der Waals surface area contributed by atoms with Crippen LogP contribution in [-0.4, -0.2) is 10.1 Å². The van der Waals surface area contributed by atoms with Crippen LogP contribution < -0.4 is 0 Å². The molecule has 1 aromatic carbocycles. The number of rotatable bonds is 3. The van der Waals surface area contributed by atoms with Crippen molar-refractivity contribution in [3.8, 4) is 0 Å². The predicted molar refractivity (Wildman–Crippen MR) is 67.0 cm³/mol. The summed E-state index contributed by atoms with van der Waals surface area (Å²) in [5, 5.41) is 9.89. The van der Waals surface area contributed by atoms with Crippen LogP contribution in [0.4, 0.5) is 8.78 Å². The molecular formula is C13H10BrF2NO. The van der Waals surface area contributed by atoms with Gasteiger partial charge in [-0.05, 0) is 24.3 Å². The Kier molecular flexibility index (Phi) is 4.04. The van der Waals surface area contributed by atoms with Crippen LogP contribution in [0.3, 0.4) is 0 Å². The molecule has 5 heteroatoms. The number of aromatic nitrogens is 1. The lowest BCUT2D eigenvalue weighted by molar-refractivity contribution is 0.167. The summed E-state index contributed by atoms with van der Waals surface area (Å²) in [7, 11) is 0. The van der Waals surface area contributed by atoms with Gasteiger partial charge in [0.05, 0.1) is 11.7 Å². The standard InChI is InChI=1S/C13H10BrF2NO/c14-8-5-10(15)13(11(16)6-8)12(18)7-9-3-1-2-4-17-9/h1-6,12,18H,7H2. The summed E-state index contributed by atoms with van der Waals surface area (Å²) in [5.74, 6) is -1.55. The zero-order valence-corrected chi connectivity index (χ0v) is 10.9. The Balaban J connectivity index is 2.27. The number of hydrogen-bond acceptors (Lipinski definition) is 2. The maximum absolute atomic E-state index is 13.6. The third kappa shape index (κ3) is 2.91. The first-order valence-electron chi connectivity index (χ1n) is 5.30. The number of halogens is 3.